The van der Waals surface area contributed by atoms with Gasteiger partial charge in [-0.25, -0.2) is 0 Å². The van der Waals surface area contributed by atoms with Gasteiger partial charge < -0.3 is 10.1 Å². The molecule has 0 bridgehead atoms. The molecule has 4 heteroatoms. The minimum absolute atomic E-state index is 0.518. The number of nitrogens with one attached hydrogen (secondary N) is 1. The zero-order valence-electron chi connectivity index (χ0n) is 13.8. The van der Waals surface area contributed by atoms with E-state index in [1.807, 2.05) is 85.8 Å². The van der Waals surface area contributed by atoms with Crippen molar-refractivity contribution in [3.05, 3.63) is 84.6 Å². The highest BCUT2D eigenvalue weighted by Crippen LogP contribution is 2.29. The number of para-hydroxylation sites is 1. The first kappa shape index (κ1) is 15.1. The highest BCUT2D eigenvalue weighted by Gasteiger charge is 2.08. The second kappa shape index (κ2) is 6.61. The lowest BCUT2D eigenvalue weighted by atomic mass is 10.1. The molecule has 0 saturated heterocycles. The fourth-order valence-electron chi connectivity index (χ4n) is 2.69. The molecule has 0 unspecified atom stereocenters. The van der Waals surface area contributed by atoms with Gasteiger partial charge in [-0.2, -0.15) is 5.10 Å². The normalized spacial score (nSPS) is 10.6. The molecule has 0 aliphatic carbocycles. The predicted octanol–water partition coefficient (Wildman–Crippen LogP) is 5.47. The lowest BCUT2D eigenvalue weighted by molar-refractivity contribution is 0.461. The van der Waals surface area contributed by atoms with Gasteiger partial charge in [0.05, 0.1) is 5.69 Å². The number of ether oxygens (including phenoxy) is 1. The Labute approximate surface area is 146 Å². The number of nitrogens with zero attached hydrogens (tertiary/aromatic N) is 2. The topological polar surface area (TPSA) is 47.0 Å². The van der Waals surface area contributed by atoms with E-state index in [0.717, 1.165) is 33.6 Å². The standard InChI is InChI=1S/C21H17N3O/c1-15-19-9-5-6-10-20(19)21(24-23-15)25-18-13-11-17(12-14-18)22-16-7-3-2-4-8-16/h2-14,22H,1H3. The van der Waals surface area contributed by atoms with Crippen LogP contribution in [0.4, 0.5) is 11.4 Å². The van der Waals surface area contributed by atoms with Crippen molar-refractivity contribution in [3.8, 4) is 11.6 Å². The second-order valence-corrected chi connectivity index (χ2v) is 5.75. The van der Waals surface area contributed by atoms with Crippen LogP contribution in [0.15, 0.2) is 78.9 Å². The van der Waals surface area contributed by atoms with E-state index in [4.69, 9.17) is 4.74 Å². The fraction of sp³-hybridized carbons (Fsp3) is 0.0476. The van der Waals surface area contributed by atoms with Crippen molar-refractivity contribution in [1.29, 1.82) is 0 Å². The van der Waals surface area contributed by atoms with Crippen molar-refractivity contribution < 1.29 is 4.74 Å². The van der Waals surface area contributed by atoms with Crippen LogP contribution in [0.1, 0.15) is 5.69 Å². The van der Waals surface area contributed by atoms with Gasteiger partial charge in [0.2, 0.25) is 5.88 Å². The number of hydrogen-bond acceptors (Lipinski definition) is 4. The number of benzene rings is 3. The molecule has 0 atom stereocenters. The Balaban J connectivity index is 1.57. The van der Waals surface area contributed by atoms with Crippen molar-refractivity contribution >= 4 is 22.1 Å². The monoisotopic (exact) mass is 327 g/mol. The van der Waals surface area contributed by atoms with Gasteiger partial charge in [-0.1, -0.05) is 36.4 Å². The smallest absolute Gasteiger partial charge is 0.246 e. The molecule has 0 spiro atoms. The lowest BCUT2D eigenvalue weighted by Gasteiger charge is -2.10. The van der Waals surface area contributed by atoms with Crippen LogP contribution in [-0.4, -0.2) is 10.2 Å². The average Bonchev–Trinajstić information content (AvgIpc) is 2.67. The first-order valence-corrected chi connectivity index (χ1v) is 8.11. The maximum atomic E-state index is 5.95. The van der Waals surface area contributed by atoms with E-state index in [2.05, 4.69) is 15.5 Å². The molecule has 4 nitrogen and oxygen atoms in total. The molecule has 0 saturated carbocycles. The summed E-state index contributed by atoms with van der Waals surface area (Å²) in [5, 5.41) is 13.8. The van der Waals surface area contributed by atoms with Gasteiger partial charge in [0.15, 0.2) is 0 Å². The third-order valence-corrected chi connectivity index (χ3v) is 3.97. The van der Waals surface area contributed by atoms with Crippen molar-refractivity contribution in [2.75, 3.05) is 5.32 Å². The highest BCUT2D eigenvalue weighted by atomic mass is 16.5. The predicted molar refractivity (Wildman–Crippen MR) is 101 cm³/mol. The molecular formula is C21H17N3O. The first-order valence-electron chi connectivity index (χ1n) is 8.11. The molecule has 0 radical (unpaired) electrons. The van der Waals surface area contributed by atoms with Crippen LogP contribution in [0.5, 0.6) is 11.6 Å². The summed E-state index contributed by atoms with van der Waals surface area (Å²) in [6.45, 7) is 1.95. The summed E-state index contributed by atoms with van der Waals surface area (Å²) in [7, 11) is 0. The third-order valence-electron chi connectivity index (χ3n) is 3.97. The van der Waals surface area contributed by atoms with Crippen molar-refractivity contribution in [2.45, 2.75) is 6.92 Å². The van der Waals surface area contributed by atoms with Gasteiger partial charge >= 0.3 is 0 Å². The summed E-state index contributed by atoms with van der Waals surface area (Å²) >= 11 is 0. The van der Waals surface area contributed by atoms with Crippen LogP contribution in [-0.2, 0) is 0 Å². The molecule has 0 aliphatic heterocycles. The zero-order valence-corrected chi connectivity index (χ0v) is 13.8. The molecule has 0 aliphatic rings. The van der Waals surface area contributed by atoms with Crippen LogP contribution in [0.3, 0.4) is 0 Å². The number of anilines is 2. The van der Waals surface area contributed by atoms with Crippen LogP contribution in [0.2, 0.25) is 0 Å². The lowest BCUT2D eigenvalue weighted by Crippen LogP contribution is -1.95. The molecule has 122 valence electrons. The van der Waals surface area contributed by atoms with Gasteiger partial charge in [0.25, 0.3) is 0 Å². The Morgan fingerprint density at radius 2 is 1.32 bits per heavy atom. The van der Waals surface area contributed by atoms with E-state index in [1.54, 1.807) is 0 Å². The van der Waals surface area contributed by atoms with E-state index in [0.29, 0.717) is 5.88 Å². The minimum atomic E-state index is 0.518. The van der Waals surface area contributed by atoms with Gasteiger partial charge in [-0.15, -0.1) is 5.10 Å². The minimum Gasteiger partial charge on any atom is -0.437 e. The number of fused-ring (bicyclic) bond motifs is 1. The summed E-state index contributed by atoms with van der Waals surface area (Å²) in [4.78, 5) is 0. The summed E-state index contributed by atoms with van der Waals surface area (Å²) in [6, 6.07) is 25.8. The highest BCUT2D eigenvalue weighted by molar-refractivity contribution is 5.88. The molecular weight excluding hydrogens is 310 g/mol. The Kier molecular flexibility index (Phi) is 4.01. The third kappa shape index (κ3) is 3.28. The Hall–Kier alpha value is -3.40. The maximum absolute atomic E-state index is 5.95. The maximum Gasteiger partial charge on any atom is 0.246 e. The van der Waals surface area contributed by atoms with Crippen LogP contribution in [0.25, 0.3) is 10.8 Å². The number of aromatic nitrogens is 2. The fourth-order valence-corrected chi connectivity index (χ4v) is 2.69. The molecule has 1 N–H and O–H groups in total. The van der Waals surface area contributed by atoms with Crippen LogP contribution in [0, 0.1) is 6.92 Å². The molecule has 1 heterocycles. The van der Waals surface area contributed by atoms with Gasteiger partial charge in [-0.05, 0) is 49.4 Å². The molecule has 4 aromatic rings. The van der Waals surface area contributed by atoms with E-state index in [9.17, 15) is 0 Å². The molecule has 0 fully saturated rings. The first-order chi connectivity index (χ1) is 12.3. The average molecular weight is 327 g/mol. The van der Waals surface area contributed by atoms with Gasteiger partial charge in [0.1, 0.15) is 5.75 Å². The largest absolute Gasteiger partial charge is 0.437 e. The van der Waals surface area contributed by atoms with Crippen LogP contribution < -0.4 is 10.1 Å². The number of hydrogen-bond donors (Lipinski definition) is 1. The summed E-state index contributed by atoms with van der Waals surface area (Å²) in [5.41, 5.74) is 2.94. The SMILES string of the molecule is Cc1nnc(Oc2ccc(Nc3ccccc3)cc2)c2ccccc12. The van der Waals surface area contributed by atoms with Crippen molar-refractivity contribution in [2.24, 2.45) is 0 Å². The summed E-state index contributed by atoms with van der Waals surface area (Å²) < 4.78 is 5.95. The Morgan fingerprint density at radius 1 is 0.680 bits per heavy atom. The van der Waals surface area contributed by atoms with Gasteiger partial charge in [0, 0.05) is 22.1 Å². The number of aryl methyl sites for hydroxylation is 1. The number of rotatable bonds is 4. The summed E-state index contributed by atoms with van der Waals surface area (Å²) in [5.74, 6) is 1.24. The van der Waals surface area contributed by atoms with E-state index >= 15 is 0 Å². The van der Waals surface area contributed by atoms with E-state index in [-0.39, 0.29) is 0 Å². The van der Waals surface area contributed by atoms with Crippen molar-refractivity contribution in [3.63, 3.8) is 0 Å². The van der Waals surface area contributed by atoms with Gasteiger partial charge in [-0.3, -0.25) is 0 Å². The van der Waals surface area contributed by atoms with E-state index < -0.39 is 0 Å². The second-order valence-electron chi connectivity index (χ2n) is 5.75. The molecule has 4 rings (SSSR count). The molecule has 25 heavy (non-hydrogen) atoms. The van der Waals surface area contributed by atoms with E-state index in [1.165, 1.54) is 0 Å². The van der Waals surface area contributed by atoms with Crippen LogP contribution >= 0.6 is 0 Å². The molecule has 1 aromatic heterocycles. The Bertz CT molecular complexity index is 998. The zero-order chi connectivity index (χ0) is 17.1. The van der Waals surface area contributed by atoms with Crippen molar-refractivity contribution in [1.82, 2.24) is 10.2 Å². The molecule has 3 aromatic carbocycles. The summed E-state index contributed by atoms with van der Waals surface area (Å²) in [6.07, 6.45) is 0. The quantitative estimate of drug-likeness (QED) is 0.539. The molecule has 0 amide bonds. The Morgan fingerprint density at radius 3 is 2.08 bits per heavy atom.